The fourth-order valence-electron chi connectivity index (χ4n) is 2.20. The highest BCUT2D eigenvalue weighted by Crippen LogP contribution is 2.37. The van der Waals surface area contributed by atoms with E-state index in [-0.39, 0.29) is 0 Å². The molecule has 2 unspecified atom stereocenters. The van der Waals surface area contributed by atoms with Gasteiger partial charge in [0.2, 0.25) is 0 Å². The second-order valence-corrected chi connectivity index (χ2v) is 5.26. The van der Waals surface area contributed by atoms with E-state index in [0.717, 1.165) is 18.4 Å². The van der Waals surface area contributed by atoms with Gasteiger partial charge in [0.1, 0.15) is 0 Å². The zero-order chi connectivity index (χ0) is 10.8. The van der Waals surface area contributed by atoms with E-state index < -0.39 is 11.6 Å². The van der Waals surface area contributed by atoms with Crippen LogP contribution in [0.4, 0.5) is 8.78 Å². The van der Waals surface area contributed by atoms with Crippen LogP contribution in [0.15, 0.2) is 18.2 Å². The number of alkyl halides is 1. The molecule has 0 radical (unpaired) electrons. The molecule has 15 heavy (non-hydrogen) atoms. The van der Waals surface area contributed by atoms with Crippen molar-refractivity contribution in [3.05, 3.63) is 35.4 Å². The van der Waals surface area contributed by atoms with E-state index in [1.54, 1.807) is 6.07 Å². The summed E-state index contributed by atoms with van der Waals surface area (Å²) in [5.74, 6) is -1.17. The topological polar surface area (TPSA) is 0 Å². The Balaban J connectivity index is 2.24. The molecule has 0 N–H and O–H groups in total. The maximum absolute atomic E-state index is 13.1. The molecule has 0 aliphatic heterocycles. The quantitative estimate of drug-likeness (QED) is 0.667. The molecule has 0 aromatic heterocycles. The van der Waals surface area contributed by atoms with Gasteiger partial charge in [0, 0.05) is 4.83 Å². The van der Waals surface area contributed by atoms with Gasteiger partial charge in [-0.3, -0.25) is 0 Å². The molecule has 1 aromatic rings. The molecular weight excluding hydrogens is 262 g/mol. The monoisotopic (exact) mass is 274 g/mol. The Labute approximate surface area is 96.8 Å². The van der Waals surface area contributed by atoms with Gasteiger partial charge >= 0.3 is 0 Å². The van der Waals surface area contributed by atoms with Crippen LogP contribution in [-0.4, -0.2) is 4.83 Å². The third kappa shape index (κ3) is 2.39. The summed E-state index contributed by atoms with van der Waals surface area (Å²) < 4.78 is 25.8. The van der Waals surface area contributed by atoms with Crippen LogP contribution < -0.4 is 0 Å². The largest absolute Gasteiger partial charge is 0.204 e. The SMILES string of the molecule is Fc1ccc(C2CCCCC2Br)cc1F. The predicted octanol–water partition coefficient (Wildman–Crippen LogP) is 4.39. The molecule has 0 heterocycles. The van der Waals surface area contributed by atoms with Gasteiger partial charge in [0.05, 0.1) is 0 Å². The summed E-state index contributed by atoms with van der Waals surface area (Å²) in [5.41, 5.74) is 0.912. The number of benzene rings is 1. The van der Waals surface area contributed by atoms with Crippen LogP contribution in [0, 0.1) is 11.6 Å². The van der Waals surface area contributed by atoms with Crippen LogP contribution in [0.5, 0.6) is 0 Å². The Morgan fingerprint density at radius 2 is 1.80 bits per heavy atom. The van der Waals surface area contributed by atoms with Crippen LogP contribution in [0.1, 0.15) is 37.2 Å². The molecular formula is C12H13BrF2. The zero-order valence-corrected chi connectivity index (χ0v) is 9.94. The normalized spacial score (nSPS) is 26.6. The molecule has 0 amide bonds. The number of hydrogen-bond acceptors (Lipinski definition) is 0. The summed E-state index contributed by atoms with van der Waals surface area (Å²) in [6.45, 7) is 0. The molecule has 2 rings (SSSR count). The molecule has 0 saturated heterocycles. The standard InChI is InChI=1S/C12H13BrF2/c13-10-4-2-1-3-9(10)8-5-6-11(14)12(15)7-8/h5-7,9-10H,1-4H2. The fourth-order valence-corrected chi connectivity index (χ4v) is 3.10. The first kappa shape index (κ1) is 11.1. The lowest BCUT2D eigenvalue weighted by Crippen LogP contribution is -2.17. The smallest absolute Gasteiger partial charge is 0.159 e. The van der Waals surface area contributed by atoms with Gasteiger partial charge in [-0.2, -0.15) is 0 Å². The summed E-state index contributed by atoms with van der Waals surface area (Å²) in [7, 11) is 0. The van der Waals surface area contributed by atoms with Crippen molar-refractivity contribution >= 4 is 15.9 Å². The minimum atomic E-state index is -0.763. The Kier molecular flexibility index (Phi) is 3.39. The van der Waals surface area contributed by atoms with Gasteiger partial charge in [0.15, 0.2) is 11.6 Å². The summed E-state index contributed by atoms with van der Waals surface area (Å²) >= 11 is 3.62. The summed E-state index contributed by atoms with van der Waals surface area (Å²) in [6.07, 6.45) is 4.56. The second-order valence-electron chi connectivity index (χ2n) is 4.08. The molecule has 1 aliphatic rings. The highest BCUT2D eigenvalue weighted by molar-refractivity contribution is 9.09. The lowest BCUT2D eigenvalue weighted by atomic mass is 9.84. The summed E-state index contributed by atoms with van der Waals surface area (Å²) in [6, 6.07) is 4.25. The molecule has 0 spiro atoms. The molecule has 1 aromatic carbocycles. The zero-order valence-electron chi connectivity index (χ0n) is 8.35. The summed E-state index contributed by atoms with van der Waals surface area (Å²) in [4.78, 5) is 0.399. The van der Waals surface area contributed by atoms with Crippen molar-refractivity contribution in [1.82, 2.24) is 0 Å². The molecule has 1 fully saturated rings. The van der Waals surface area contributed by atoms with E-state index in [1.807, 2.05) is 0 Å². The number of hydrogen-bond donors (Lipinski definition) is 0. The predicted molar refractivity (Wildman–Crippen MR) is 60.3 cm³/mol. The second kappa shape index (κ2) is 4.60. The lowest BCUT2D eigenvalue weighted by molar-refractivity contribution is 0.454. The summed E-state index contributed by atoms with van der Waals surface area (Å²) in [5, 5.41) is 0. The van der Waals surface area contributed by atoms with E-state index >= 15 is 0 Å². The van der Waals surface area contributed by atoms with Crippen molar-refractivity contribution < 1.29 is 8.78 Å². The van der Waals surface area contributed by atoms with Crippen molar-refractivity contribution in [2.24, 2.45) is 0 Å². The first-order valence-corrected chi connectivity index (χ1v) is 6.19. The van der Waals surface area contributed by atoms with Gasteiger partial charge in [-0.15, -0.1) is 0 Å². The van der Waals surface area contributed by atoms with Crippen molar-refractivity contribution in [3.63, 3.8) is 0 Å². The van der Waals surface area contributed by atoms with Crippen molar-refractivity contribution in [2.45, 2.75) is 36.4 Å². The van der Waals surface area contributed by atoms with Crippen molar-refractivity contribution in [2.75, 3.05) is 0 Å². The van der Waals surface area contributed by atoms with E-state index in [0.29, 0.717) is 10.7 Å². The Morgan fingerprint density at radius 3 is 2.47 bits per heavy atom. The first-order chi connectivity index (χ1) is 7.18. The first-order valence-electron chi connectivity index (χ1n) is 5.27. The van der Waals surface area contributed by atoms with Crippen molar-refractivity contribution in [1.29, 1.82) is 0 Å². The molecule has 2 atom stereocenters. The molecule has 1 aliphatic carbocycles. The van der Waals surface area contributed by atoms with Gasteiger partial charge in [-0.1, -0.05) is 34.8 Å². The van der Waals surface area contributed by atoms with E-state index in [1.165, 1.54) is 25.0 Å². The maximum atomic E-state index is 13.1. The lowest BCUT2D eigenvalue weighted by Gasteiger charge is -2.27. The third-order valence-corrected chi connectivity index (χ3v) is 4.15. The van der Waals surface area contributed by atoms with E-state index in [9.17, 15) is 8.78 Å². The van der Waals surface area contributed by atoms with E-state index in [2.05, 4.69) is 15.9 Å². The van der Waals surface area contributed by atoms with Crippen LogP contribution in [-0.2, 0) is 0 Å². The van der Waals surface area contributed by atoms with Gasteiger partial charge in [-0.05, 0) is 36.5 Å². The van der Waals surface area contributed by atoms with Crippen LogP contribution in [0.25, 0.3) is 0 Å². The Morgan fingerprint density at radius 1 is 1.07 bits per heavy atom. The molecule has 1 saturated carbocycles. The molecule has 0 nitrogen and oxygen atoms in total. The minimum Gasteiger partial charge on any atom is -0.204 e. The van der Waals surface area contributed by atoms with Gasteiger partial charge < -0.3 is 0 Å². The van der Waals surface area contributed by atoms with Crippen molar-refractivity contribution in [3.8, 4) is 0 Å². The minimum absolute atomic E-state index is 0.328. The average molecular weight is 275 g/mol. The Bertz CT molecular complexity index is 351. The number of halogens is 3. The highest BCUT2D eigenvalue weighted by Gasteiger charge is 2.24. The highest BCUT2D eigenvalue weighted by atomic mass is 79.9. The Hall–Kier alpha value is -0.440. The molecule has 0 bridgehead atoms. The molecule has 82 valence electrons. The van der Waals surface area contributed by atoms with Crippen LogP contribution >= 0.6 is 15.9 Å². The average Bonchev–Trinajstić information content (AvgIpc) is 2.23. The van der Waals surface area contributed by atoms with Gasteiger partial charge in [-0.25, -0.2) is 8.78 Å². The maximum Gasteiger partial charge on any atom is 0.159 e. The number of rotatable bonds is 1. The van der Waals surface area contributed by atoms with Gasteiger partial charge in [0.25, 0.3) is 0 Å². The van der Waals surface area contributed by atoms with Crippen LogP contribution in [0.3, 0.4) is 0 Å². The van der Waals surface area contributed by atoms with Crippen LogP contribution in [0.2, 0.25) is 0 Å². The van der Waals surface area contributed by atoms with E-state index in [4.69, 9.17) is 0 Å². The third-order valence-electron chi connectivity index (χ3n) is 3.05. The molecule has 3 heteroatoms. The fraction of sp³-hybridized carbons (Fsp3) is 0.500.